The third kappa shape index (κ3) is 8.56. The molecule has 1 heterocycles. The molecule has 23 heavy (non-hydrogen) atoms. The molecule has 0 aromatic carbocycles. The molecule has 0 aliphatic carbocycles. The predicted molar refractivity (Wildman–Crippen MR) is 96.2 cm³/mol. The standard InChI is InChI=1S/C13H19N7S2.Cu/c1-9(17-19-12(21)14-2)11(18-20-13(22)15-3)8-10-4-6-16-7-5-10;/h4-7H,8H2,1-3H3,(H2,14,19,21)(H2,15,20,22);/q;+2/p-2/b17-9+,18-11+;. The Morgan fingerprint density at radius 2 is 1.57 bits per heavy atom. The second kappa shape index (κ2) is 11.9. The van der Waals surface area contributed by atoms with E-state index in [9.17, 15) is 0 Å². The Hall–Kier alpha value is -1.61. The van der Waals surface area contributed by atoms with Crippen molar-refractivity contribution in [2.75, 3.05) is 14.1 Å². The van der Waals surface area contributed by atoms with Gasteiger partial charge in [0.15, 0.2) is 0 Å². The second-order valence-electron chi connectivity index (χ2n) is 4.07. The monoisotopic (exact) mass is 398 g/mol. The normalized spacial score (nSPS) is 13.3. The minimum Gasteiger partial charge on any atom is -0.741 e. The minimum absolute atomic E-state index is 0. The van der Waals surface area contributed by atoms with Gasteiger partial charge in [-0.05, 0) is 35.0 Å². The summed E-state index contributed by atoms with van der Waals surface area (Å²) in [5.74, 6) is 0. The maximum absolute atomic E-state index is 4.96. The van der Waals surface area contributed by atoms with Crippen molar-refractivity contribution in [3.05, 3.63) is 30.1 Å². The van der Waals surface area contributed by atoms with Gasteiger partial charge in [0.25, 0.3) is 0 Å². The first kappa shape index (κ1) is 21.4. The molecule has 0 atom stereocenters. The average Bonchev–Trinajstić information content (AvgIpc) is 2.56. The smallest absolute Gasteiger partial charge is 0.741 e. The Morgan fingerprint density at radius 3 is 2.09 bits per heavy atom. The molecule has 2 N–H and O–H groups in total. The third-order valence-electron chi connectivity index (χ3n) is 2.55. The first-order valence-corrected chi connectivity index (χ1v) is 7.18. The number of rotatable bonds is 5. The first-order valence-electron chi connectivity index (χ1n) is 6.36. The van der Waals surface area contributed by atoms with Crippen LogP contribution in [0.15, 0.2) is 44.7 Å². The van der Waals surface area contributed by atoms with E-state index in [0.717, 1.165) is 5.56 Å². The summed E-state index contributed by atoms with van der Waals surface area (Å²) in [5, 5.41) is 9.03. The van der Waals surface area contributed by atoms with Crippen molar-refractivity contribution in [3.63, 3.8) is 0 Å². The fourth-order valence-corrected chi connectivity index (χ4v) is 1.45. The molecule has 0 bridgehead atoms. The van der Waals surface area contributed by atoms with Crippen LogP contribution in [0.4, 0.5) is 0 Å². The fraction of sp³-hybridized carbons (Fsp3) is 0.308. The van der Waals surface area contributed by atoms with Gasteiger partial charge in [-0.2, -0.15) is 10.2 Å². The predicted octanol–water partition coefficient (Wildman–Crippen LogP) is 0.598. The van der Waals surface area contributed by atoms with Gasteiger partial charge in [0, 0.05) is 32.9 Å². The van der Waals surface area contributed by atoms with E-state index in [4.69, 9.17) is 25.3 Å². The number of aromatic nitrogens is 1. The van der Waals surface area contributed by atoms with Gasteiger partial charge in [0.05, 0.1) is 11.4 Å². The topological polar surface area (TPSA) is 86.4 Å². The van der Waals surface area contributed by atoms with Crippen LogP contribution in [-0.4, -0.2) is 40.8 Å². The quantitative estimate of drug-likeness (QED) is 0.249. The SMILES string of the molecule is CN=C([S-])N/N=C(C)/C(Cc1ccncc1)=N/NC([S-])=NC.[Cu+2]. The van der Waals surface area contributed by atoms with Gasteiger partial charge in [-0.25, -0.2) is 0 Å². The van der Waals surface area contributed by atoms with E-state index < -0.39 is 0 Å². The Kier molecular flexibility index (Phi) is 11.1. The molecule has 0 unspecified atom stereocenters. The zero-order valence-corrected chi connectivity index (χ0v) is 15.4. The van der Waals surface area contributed by atoms with Crippen molar-refractivity contribution in [1.29, 1.82) is 0 Å². The number of hydrogen-bond acceptors (Lipinski definition) is 7. The summed E-state index contributed by atoms with van der Waals surface area (Å²) in [6.07, 6.45) is 4.01. The van der Waals surface area contributed by atoms with E-state index in [1.54, 1.807) is 26.5 Å². The maximum Gasteiger partial charge on any atom is 2.00 e. The molecular weight excluding hydrogens is 382 g/mol. The molecule has 10 heteroatoms. The van der Waals surface area contributed by atoms with Crippen LogP contribution in [0.1, 0.15) is 12.5 Å². The maximum atomic E-state index is 4.96. The molecule has 0 aliphatic heterocycles. The fourth-order valence-electron chi connectivity index (χ4n) is 1.35. The number of hydrogen-bond donors (Lipinski definition) is 2. The molecule has 127 valence electrons. The van der Waals surface area contributed by atoms with Crippen molar-refractivity contribution in [3.8, 4) is 0 Å². The van der Waals surface area contributed by atoms with Gasteiger partial charge in [-0.1, -0.05) is 0 Å². The van der Waals surface area contributed by atoms with Crippen LogP contribution in [0.5, 0.6) is 0 Å². The van der Waals surface area contributed by atoms with E-state index in [-0.39, 0.29) is 17.1 Å². The van der Waals surface area contributed by atoms with Crippen LogP contribution in [-0.2, 0) is 48.7 Å². The van der Waals surface area contributed by atoms with Gasteiger partial charge < -0.3 is 25.3 Å². The Bertz CT molecular complexity index is 600. The third-order valence-corrected chi connectivity index (χ3v) is 3.10. The van der Waals surface area contributed by atoms with Crippen LogP contribution in [0.25, 0.3) is 0 Å². The summed E-state index contributed by atoms with van der Waals surface area (Å²) in [7, 11) is 3.19. The van der Waals surface area contributed by atoms with E-state index in [0.29, 0.717) is 28.2 Å². The van der Waals surface area contributed by atoms with Gasteiger partial charge in [-0.15, -0.1) is 0 Å². The van der Waals surface area contributed by atoms with Gasteiger partial charge in [-0.3, -0.25) is 25.8 Å². The minimum atomic E-state index is 0. The largest absolute Gasteiger partial charge is 2.00 e. The summed E-state index contributed by atoms with van der Waals surface area (Å²) >= 11 is 9.89. The molecule has 0 fully saturated rings. The molecule has 1 aromatic heterocycles. The summed E-state index contributed by atoms with van der Waals surface area (Å²) < 4.78 is 0. The van der Waals surface area contributed by atoms with Crippen LogP contribution in [0, 0.1) is 0 Å². The Balaban J connectivity index is 0.00000484. The number of hydrazone groups is 2. The van der Waals surface area contributed by atoms with Gasteiger partial charge >= 0.3 is 17.1 Å². The molecule has 0 amide bonds. The number of nitrogens with one attached hydrogen (secondary N) is 2. The van der Waals surface area contributed by atoms with Crippen LogP contribution in [0.2, 0.25) is 0 Å². The molecule has 1 radical (unpaired) electrons. The first-order chi connectivity index (χ1) is 10.6. The van der Waals surface area contributed by atoms with Gasteiger partial charge in [0.1, 0.15) is 0 Å². The zero-order chi connectivity index (χ0) is 16.4. The van der Waals surface area contributed by atoms with Crippen molar-refractivity contribution in [1.82, 2.24) is 15.8 Å². The Morgan fingerprint density at radius 1 is 1.04 bits per heavy atom. The summed E-state index contributed by atoms with van der Waals surface area (Å²) in [4.78, 5) is 11.6. The molecular formula is C13H17CuN7S2. The molecule has 0 spiro atoms. The summed E-state index contributed by atoms with van der Waals surface area (Å²) in [5.41, 5.74) is 7.79. The molecule has 0 aliphatic rings. The van der Waals surface area contributed by atoms with Crippen molar-refractivity contribution in [2.45, 2.75) is 13.3 Å². The number of pyridine rings is 1. The van der Waals surface area contributed by atoms with Crippen molar-refractivity contribution >= 4 is 47.0 Å². The number of aliphatic imine (C=N–C) groups is 2. The Labute approximate surface area is 157 Å². The summed E-state index contributed by atoms with van der Waals surface area (Å²) in [6, 6.07) is 3.81. The van der Waals surface area contributed by atoms with Crippen molar-refractivity contribution < 1.29 is 17.1 Å². The second-order valence-corrected chi connectivity index (χ2v) is 4.84. The molecule has 0 saturated carbocycles. The van der Waals surface area contributed by atoms with Crippen LogP contribution < -0.4 is 10.9 Å². The zero-order valence-electron chi connectivity index (χ0n) is 12.9. The van der Waals surface area contributed by atoms with Crippen LogP contribution in [0.3, 0.4) is 0 Å². The molecule has 0 saturated heterocycles. The average molecular weight is 399 g/mol. The van der Waals surface area contributed by atoms with E-state index >= 15 is 0 Å². The summed E-state index contributed by atoms with van der Waals surface area (Å²) in [6.45, 7) is 1.82. The van der Waals surface area contributed by atoms with Gasteiger partial charge in [0.2, 0.25) is 0 Å². The van der Waals surface area contributed by atoms with E-state index in [2.05, 4.69) is 36.0 Å². The van der Waals surface area contributed by atoms with E-state index in [1.807, 2.05) is 19.1 Å². The number of amidine groups is 2. The molecule has 1 rings (SSSR count). The molecule has 1 aromatic rings. The van der Waals surface area contributed by atoms with Crippen molar-refractivity contribution in [2.24, 2.45) is 20.2 Å². The van der Waals surface area contributed by atoms with Crippen LogP contribution >= 0.6 is 0 Å². The van der Waals surface area contributed by atoms with E-state index in [1.165, 1.54) is 0 Å². The molecule has 7 nitrogen and oxygen atoms in total. The number of nitrogens with zero attached hydrogens (tertiary/aromatic N) is 5.